The van der Waals surface area contributed by atoms with Gasteiger partial charge >= 0.3 is 0 Å². The molecule has 0 aliphatic carbocycles. The van der Waals surface area contributed by atoms with Crippen molar-refractivity contribution < 1.29 is 9.18 Å². The molecule has 1 aliphatic rings. The number of benzene rings is 2. The number of carbonyl (C=O) groups excluding carboxylic acids is 1. The predicted octanol–water partition coefficient (Wildman–Crippen LogP) is 4.05. The first-order valence-corrected chi connectivity index (χ1v) is 11.8. The van der Waals surface area contributed by atoms with Crippen molar-refractivity contribution in [2.24, 2.45) is 0 Å². The summed E-state index contributed by atoms with van der Waals surface area (Å²) in [4.78, 5) is 25.6. The van der Waals surface area contributed by atoms with Crippen LogP contribution in [-0.2, 0) is 4.79 Å². The van der Waals surface area contributed by atoms with Gasteiger partial charge in [-0.05, 0) is 42.5 Å². The van der Waals surface area contributed by atoms with Gasteiger partial charge in [-0.15, -0.1) is 0 Å². The molecular formula is C23H20ClFN6OS. The fourth-order valence-electron chi connectivity index (χ4n) is 3.82. The number of carbonyl (C=O) groups is 1. The van der Waals surface area contributed by atoms with Crippen LogP contribution in [0.15, 0.2) is 66.1 Å². The standard InChI is InChI=1S/C23H20ClFN6OS/c24-16-2-1-3-19(12-16)29-8-10-30(11-9-29)21(32)14-33-23-20-13-28-31(22(20)26-15-27-23)18-6-4-17(25)5-7-18/h1-7,12-13,15H,8-11,14H2. The number of halogens is 2. The zero-order valence-electron chi connectivity index (χ0n) is 17.6. The average Bonchev–Trinajstić information content (AvgIpc) is 3.28. The normalized spacial score (nSPS) is 14.1. The van der Waals surface area contributed by atoms with Crippen molar-refractivity contribution in [1.29, 1.82) is 0 Å². The van der Waals surface area contributed by atoms with Crippen molar-refractivity contribution in [1.82, 2.24) is 24.6 Å². The summed E-state index contributed by atoms with van der Waals surface area (Å²) in [5.41, 5.74) is 2.39. The van der Waals surface area contributed by atoms with Crippen molar-refractivity contribution in [2.75, 3.05) is 36.8 Å². The maximum Gasteiger partial charge on any atom is 0.233 e. The maximum atomic E-state index is 13.3. The highest BCUT2D eigenvalue weighted by Crippen LogP contribution is 2.27. The molecule has 2 aromatic heterocycles. The van der Waals surface area contributed by atoms with Crippen LogP contribution in [-0.4, -0.2) is 62.5 Å². The largest absolute Gasteiger partial charge is 0.368 e. The van der Waals surface area contributed by atoms with Crippen LogP contribution < -0.4 is 4.90 Å². The van der Waals surface area contributed by atoms with Crippen molar-refractivity contribution in [2.45, 2.75) is 5.03 Å². The SMILES string of the molecule is O=C(CSc1ncnc2c1cnn2-c1ccc(F)cc1)N1CCN(c2cccc(Cl)c2)CC1. The molecule has 2 aromatic carbocycles. The van der Waals surface area contributed by atoms with E-state index < -0.39 is 0 Å². The minimum atomic E-state index is -0.312. The molecule has 0 saturated carbocycles. The Hall–Kier alpha value is -3.17. The number of anilines is 1. The molecule has 1 saturated heterocycles. The molecule has 1 aliphatic heterocycles. The van der Waals surface area contributed by atoms with Crippen molar-refractivity contribution in [3.8, 4) is 5.69 Å². The van der Waals surface area contributed by atoms with E-state index in [2.05, 4.69) is 20.0 Å². The van der Waals surface area contributed by atoms with Gasteiger partial charge in [0.2, 0.25) is 5.91 Å². The first kappa shape index (κ1) is 21.7. The van der Waals surface area contributed by atoms with Crippen LogP contribution in [0.3, 0.4) is 0 Å². The minimum Gasteiger partial charge on any atom is -0.368 e. The summed E-state index contributed by atoms with van der Waals surface area (Å²) in [5, 5.41) is 6.54. The Morgan fingerprint density at radius 2 is 1.82 bits per heavy atom. The second kappa shape index (κ2) is 9.36. The van der Waals surface area contributed by atoms with Gasteiger partial charge < -0.3 is 9.80 Å². The molecule has 4 aromatic rings. The molecule has 0 bridgehead atoms. The molecule has 10 heteroatoms. The van der Waals surface area contributed by atoms with Gasteiger partial charge in [0.1, 0.15) is 17.2 Å². The number of hydrogen-bond acceptors (Lipinski definition) is 6. The van der Waals surface area contributed by atoms with Gasteiger partial charge in [0.05, 0.1) is 23.0 Å². The van der Waals surface area contributed by atoms with Gasteiger partial charge in [-0.1, -0.05) is 29.4 Å². The number of hydrogen-bond donors (Lipinski definition) is 0. The summed E-state index contributed by atoms with van der Waals surface area (Å²) in [6, 6.07) is 13.8. The molecule has 1 fully saturated rings. The Balaban J connectivity index is 1.23. The smallest absolute Gasteiger partial charge is 0.233 e. The third-order valence-corrected chi connectivity index (χ3v) is 6.76. The quantitative estimate of drug-likeness (QED) is 0.316. The number of amides is 1. The van der Waals surface area contributed by atoms with Gasteiger partial charge in [0.25, 0.3) is 0 Å². The summed E-state index contributed by atoms with van der Waals surface area (Å²) in [6.07, 6.45) is 3.13. The average molecular weight is 483 g/mol. The first-order valence-electron chi connectivity index (χ1n) is 10.4. The molecule has 0 unspecified atom stereocenters. The van der Waals surface area contributed by atoms with E-state index in [-0.39, 0.29) is 17.5 Å². The van der Waals surface area contributed by atoms with E-state index in [0.29, 0.717) is 34.5 Å². The molecule has 168 valence electrons. The van der Waals surface area contributed by atoms with Crippen LogP contribution in [0.1, 0.15) is 0 Å². The second-order valence-corrected chi connectivity index (χ2v) is 8.99. The molecule has 0 radical (unpaired) electrons. The summed E-state index contributed by atoms with van der Waals surface area (Å²) >= 11 is 7.48. The van der Waals surface area contributed by atoms with Gasteiger partial charge in [-0.2, -0.15) is 5.10 Å². The van der Waals surface area contributed by atoms with E-state index in [4.69, 9.17) is 11.6 Å². The Morgan fingerprint density at radius 3 is 2.58 bits per heavy atom. The molecule has 0 atom stereocenters. The van der Waals surface area contributed by atoms with E-state index in [1.54, 1.807) is 23.0 Å². The Bertz CT molecular complexity index is 1290. The lowest BCUT2D eigenvalue weighted by Crippen LogP contribution is -2.49. The number of thioether (sulfide) groups is 1. The Kier molecular flexibility index (Phi) is 6.15. The van der Waals surface area contributed by atoms with Crippen LogP contribution in [0, 0.1) is 5.82 Å². The Morgan fingerprint density at radius 1 is 1.03 bits per heavy atom. The highest BCUT2D eigenvalue weighted by molar-refractivity contribution is 8.00. The fraction of sp³-hybridized carbons (Fsp3) is 0.217. The number of piperazine rings is 1. The van der Waals surface area contributed by atoms with Gasteiger partial charge in [-0.3, -0.25) is 4.79 Å². The first-order chi connectivity index (χ1) is 16.1. The van der Waals surface area contributed by atoms with E-state index in [0.717, 1.165) is 24.2 Å². The zero-order chi connectivity index (χ0) is 22.8. The van der Waals surface area contributed by atoms with Crippen LogP contribution in [0.25, 0.3) is 16.7 Å². The monoisotopic (exact) mass is 482 g/mol. The number of fused-ring (bicyclic) bond motifs is 1. The van der Waals surface area contributed by atoms with Gasteiger partial charge in [-0.25, -0.2) is 19.0 Å². The number of aromatic nitrogens is 4. The molecule has 33 heavy (non-hydrogen) atoms. The number of rotatable bonds is 5. The fourth-order valence-corrected chi connectivity index (χ4v) is 4.87. The maximum absolute atomic E-state index is 13.3. The van der Waals surface area contributed by atoms with Crippen molar-refractivity contribution in [3.05, 3.63) is 71.9 Å². The van der Waals surface area contributed by atoms with Crippen LogP contribution >= 0.6 is 23.4 Å². The zero-order valence-corrected chi connectivity index (χ0v) is 19.1. The van der Waals surface area contributed by atoms with Gasteiger partial charge in [0.15, 0.2) is 5.65 Å². The highest BCUT2D eigenvalue weighted by atomic mass is 35.5. The topological polar surface area (TPSA) is 67.2 Å². The third-order valence-electron chi connectivity index (χ3n) is 5.54. The number of nitrogens with zero attached hydrogens (tertiary/aromatic N) is 6. The van der Waals surface area contributed by atoms with E-state index >= 15 is 0 Å². The molecule has 5 rings (SSSR count). The lowest BCUT2D eigenvalue weighted by Gasteiger charge is -2.36. The van der Waals surface area contributed by atoms with Crippen molar-refractivity contribution >= 4 is 46.0 Å². The van der Waals surface area contributed by atoms with Crippen LogP contribution in [0.4, 0.5) is 10.1 Å². The van der Waals surface area contributed by atoms with E-state index in [9.17, 15) is 9.18 Å². The van der Waals surface area contributed by atoms with Gasteiger partial charge in [0, 0.05) is 36.9 Å². The lowest BCUT2D eigenvalue weighted by molar-refractivity contribution is -0.128. The molecule has 7 nitrogen and oxygen atoms in total. The molecular weight excluding hydrogens is 463 g/mol. The van der Waals surface area contributed by atoms with E-state index in [1.807, 2.05) is 29.2 Å². The second-order valence-electron chi connectivity index (χ2n) is 7.59. The lowest BCUT2D eigenvalue weighted by atomic mass is 10.2. The van der Waals surface area contributed by atoms with Crippen LogP contribution in [0.2, 0.25) is 5.02 Å². The highest BCUT2D eigenvalue weighted by Gasteiger charge is 2.22. The molecule has 0 N–H and O–H groups in total. The summed E-state index contributed by atoms with van der Waals surface area (Å²) in [5.74, 6) is 0.0433. The summed E-state index contributed by atoms with van der Waals surface area (Å²) < 4.78 is 14.9. The molecule has 3 heterocycles. The molecule has 1 amide bonds. The Labute approximate surface area is 199 Å². The van der Waals surface area contributed by atoms with E-state index in [1.165, 1.54) is 30.2 Å². The van der Waals surface area contributed by atoms with Crippen molar-refractivity contribution in [3.63, 3.8) is 0 Å². The summed E-state index contributed by atoms with van der Waals surface area (Å²) in [7, 11) is 0. The minimum absolute atomic E-state index is 0.0726. The third kappa shape index (κ3) is 4.65. The summed E-state index contributed by atoms with van der Waals surface area (Å²) in [6.45, 7) is 2.85. The molecule has 0 spiro atoms. The predicted molar refractivity (Wildman–Crippen MR) is 128 cm³/mol. The van der Waals surface area contributed by atoms with Crippen LogP contribution in [0.5, 0.6) is 0 Å².